The molecular weight excluding hydrogens is 232 g/mol. The first-order chi connectivity index (χ1) is 8.26. The second kappa shape index (κ2) is 4.54. The number of ether oxygens (including phenoxy) is 1. The van der Waals surface area contributed by atoms with Crippen LogP contribution in [0.3, 0.4) is 0 Å². The largest absolute Gasteiger partial charge is 0.490 e. The molecule has 1 aromatic carbocycles. The van der Waals surface area contributed by atoms with E-state index in [1.807, 2.05) is 36.0 Å². The number of hydrogen-bond donors (Lipinski definition) is 1. The summed E-state index contributed by atoms with van der Waals surface area (Å²) in [4.78, 5) is 0. The molecule has 0 bridgehead atoms. The molecule has 0 radical (unpaired) electrons. The normalized spacial score (nSPS) is 23.4. The van der Waals surface area contributed by atoms with E-state index in [1.165, 1.54) is 11.5 Å². The molecular formula is C14H18O2S. The minimum absolute atomic E-state index is 0.361. The third-order valence-corrected chi connectivity index (χ3v) is 4.61. The zero-order valence-corrected chi connectivity index (χ0v) is 10.7. The van der Waals surface area contributed by atoms with E-state index in [0.29, 0.717) is 6.10 Å². The molecule has 0 spiro atoms. The lowest BCUT2D eigenvalue weighted by atomic mass is 10.1. The fraction of sp³-hybridized carbons (Fsp3) is 0.571. The van der Waals surface area contributed by atoms with Gasteiger partial charge in [-0.05, 0) is 54.9 Å². The van der Waals surface area contributed by atoms with Crippen molar-refractivity contribution in [2.24, 2.45) is 0 Å². The van der Waals surface area contributed by atoms with Gasteiger partial charge in [0.05, 0.1) is 5.60 Å². The highest BCUT2D eigenvalue weighted by Gasteiger charge is 2.42. The highest BCUT2D eigenvalue weighted by atomic mass is 32.2. The van der Waals surface area contributed by atoms with E-state index in [1.54, 1.807) is 0 Å². The summed E-state index contributed by atoms with van der Waals surface area (Å²) in [5.74, 6) is 3.32. The van der Waals surface area contributed by atoms with Crippen LogP contribution < -0.4 is 4.74 Å². The van der Waals surface area contributed by atoms with Crippen molar-refractivity contribution in [2.75, 3.05) is 11.5 Å². The third-order valence-electron chi connectivity index (χ3n) is 3.57. The van der Waals surface area contributed by atoms with Gasteiger partial charge in [-0.1, -0.05) is 12.1 Å². The van der Waals surface area contributed by atoms with E-state index >= 15 is 0 Å². The summed E-state index contributed by atoms with van der Waals surface area (Å²) < 4.78 is 5.99. The van der Waals surface area contributed by atoms with Gasteiger partial charge in [-0.2, -0.15) is 11.8 Å². The van der Waals surface area contributed by atoms with Crippen LogP contribution in [-0.4, -0.2) is 22.7 Å². The van der Waals surface area contributed by atoms with Crippen LogP contribution in [0.5, 0.6) is 5.75 Å². The lowest BCUT2D eigenvalue weighted by Crippen LogP contribution is -2.22. The molecule has 3 rings (SSSR count). The molecule has 3 heteroatoms. The van der Waals surface area contributed by atoms with Crippen LogP contribution in [0, 0.1) is 0 Å². The molecule has 1 N–H and O–H groups in total. The van der Waals surface area contributed by atoms with Crippen molar-refractivity contribution in [3.8, 4) is 5.75 Å². The summed E-state index contributed by atoms with van der Waals surface area (Å²) >= 11 is 2.01. The van der Waals surface area contributed by atoms with Crippen molar-refractivity contribution >= 4 is 11.8 Å². The lowest BCUT2D eigenvalue weighted by Gasteiger charge is -2.23. The highest BCUT2D eigenvalue weighted by molar-refractivity contribution is 7.99. The number of benzene rings is 1. The number of rotatable bonds is 3. The summed E-state index contributed by atoms with van der Waals surface area (Å²) in [7, 11) is 0. The Bertz CT molecular complexity index is 395. The Labute approximate surface area is 106 Å². The van der Waals surface area contributed by atoms with E-state index < -0.39 is 5.60 Å². The van der Waals surface area contributed by atoms with Crippen molar-refractivity contribution in [3.05, 3.63) is 29.8 Å². The lowest BCUT2D eigenvalue weighted by molar-refractivity contribution is 0.149. The van der Waals surface area contributed by atoms with Crippen molar-refractivity contribution in [1.82, 2.24) is 0 Å². The molecule has 0 aromatic heterocycles. The topological polar surface area (TPSA) is 29.5 Å². The number of aliphatic hydroxyl groups is 1. The van der Waals surface area contributed by atoms with Gasteiger partial charge in [0.25, 0.3) is 0 Å². The smallest absolute Gasteiger partial charge is 0.120 e. The molecule has 1 saturated heterocycles. The first kappa shape index (κ1) is 11.4. The molecule has 0 unspecified atom stereocenters. The molecule has 1 aromatic rings. The molecule has 1 heterocycles. The minimum atomic E-state index is -0.554. The second-order valence-electron chi connectivity index (χ2n) is 4.99. The van der Waals surface area contributed by atoms with Gasteiger partial charge < -0.3 is 9.84 Å². The average Bonchev–Trinajstić information content (AvgIpc) is 3.11. The van der Waals surface area contributed by atoms with Crippen LogP contribution in [0.2, 0.25) is 0 Å². The fourth-order valence-electron chi connectivity index (χ4n) is 2.25. The molecule has 1 aliphatic carbocycles. The number of hydrogen-bond acceptors (Lipinski definition) is 3. The van der Waals surface area contributed by atoms with Gasteiger partial charge in [0.1, 0.15) is 11.9 Å². The van der Waals surface area contributed by atoms with Gasteiger partial charge in [0.15, 0.2) is 0 Å². The maximum Gasteiger partial charge on any atom is 0.120 e. The molecule has 92 valence electrons. The number of thioether (sulfide) groups is 1. The van der Waals surface area contributed by atoms with Crippen LogP contribution in [0.15, 0.2) is 24.3 Å². The Kier molecular flexibility index (Phi) is 3.05. The first-order valence-corrected chi connectivity index (χ1v) is 7.49. The SMILES string of the molecule is OC1(c2cccc(OC3CCSCC3)c2)CC1. The zero-order chi connectivity index (χ0) is 11.7. The Hall–Kier alpha value is -0.670. The second-order valence-corrected chi connectivity index (χ2v) is 6.21. The Balaban J connectivity index is 1.70. The predicted octanol–water partition coefficient (Wildman–Crippen LogP) is 2.94. The van der Waals surface area contributed by atoms with Crippen LogP contribution in [0.4, 0.5) is 0 Å². The maximum absolute atomic E-state index is 10.1. The molecule has 17 heavy (non-hydrogen) atoms. The molecule has 1 aliphatic heterocycles. The van der Waals surface area contributed by atoms with E-state index in [4.69, 9.17) is 4.74 Å². The predicted molar refractivity (Wildman–Crippen MR) is 70.5 cm³/mol. The van der Waals surface area contributed by atoms with Crippen LogP contribution >= 0.6 is 11.8 Å². The monoisotopic (exact) mass is 250 g/mol. The zero-order valence-electron chi connectivity index (χ0n) is 9.89. The van der Waals surface area contributed by atoms with E-state index in [0.717, 1.165) is 37.0 Å². The molecule has 2 aliphatic rings. The van der Waals surface area contributed by atoms with Crippen molar-refractivity contribution < 1.29 is 9.84 Å². The third kappa shape index (κ3) is 2.61. The standard InChI is InChI=1S/C14H18O2S/c15-14(6-7-14)11-2-1-3-13(10-11)16-12-4-8-17-9-5-12/h1-3,10,12,15H,4-9H2. The van der Waals surface area contributed by atoms with Gasteiger partial charge >= 0.3 is 0 Å². The van der Waals surface area contributed by atoms with Gasteiger partial charge in [-0.3, -0.25) is 0 Å². The summed E-state index contributed by atoms with van der Waals surface area (Å²) in [6, 6.07) is 7.99. The summed E-state index contributed by atoms with van der Waals surface area (Å²) in [5.41, 5.74) is 0.460. The summed E-state index contributed by atoms with van der Waals surface area (Å²) in [6.45, 7) is 0. The Morgan fingerprint density at radius 2 is 2.00 bits per heavy atom. The Morgan fingerprint density at radius 3 is 2.71 bits per heavy atom. The minimum Gasteiger partial charge on any atom is -0.490 e. The molecule has 1 saturated carbocycles. The van der Waals surface area contributed by atoms with Crippen LogP contribution in [0.25, 0.3) is 0 Å². The molecule has 2 fully saturated rings. The highest BCUT2D eigenvalue weighted by Crippen LogP contribution is 2.46. The van der Waals surface area contributed by atoms with Crippen molar-refractivity contribution in [1.29, 1.82) is 0 Å². The summed E-state index contributed by atoms with van der Waals surface area (Å²) in [6.07, 6.45) is 4.41. The van der Waals surface area contributed by atoms with Gasteiger partial charge in [0.2, 0.25) is 0 Å². The quantitative estimate of drug-likeness (QED) is 0.894. The van der Waals surface area contributed by atoms with E-state index in [9.17, 15) is 5.11 Å². The van der Waals surface area contributed by atoms with Gasteiger partial charge in [0, 0.05) is 0 Å². The van der Waals surface area contributed by atoms with Gasteiger partial charge in [-0.15, -0.1) is 0 Å². The van der Waals surface area contributed by atoms with Crippen LogP contribution in [0.1, 0.15) is 31.2 Å². The summed E-state index contributed by atoms with van der Waals surface area (Å²) in [5, 5.41) is 10.1. The van der Waals surface area contributed by atoms with E-state index in [2.05, 4.69) is 0 Å². The fourth-order valence-corrected chi connectivity index (χ4v) is 3.32. The molecule has 2 nitrogen and oxygen atoms in total. The van der Waals surface area contributed by atoms with Crippen molar-refractivity contribution in [2.45, 2.75) is 37.4 Å². The average molecular weight is 250 g/mol. The molecule has 0 amide bonds. The van der Waals surface area contributed by atoms with Crippen LogP contribution in [-0.2, 0) is 5.60 Å². The molecule has 0 atom stereocenters. The van der Waals surface area contributed by atoms with E-state index in [-0.39, 0.29) is 0 Å². The maximum atomic E-state index is 10.1. The first-order valence-electron chi connectivity index (χ1n) is 6.34. The van der Waals surface area contributed by atoms with Gasteiger partial charge in [-0.25, -0.2) is 0 Å². The van der Waals surface area contributed by atoms with Crippen molar-refractivity contribution in [3.63, 3.8) is 0 Å². The Morgan fingerprint density at radius 1 is 1.24 bits per heavy atom.